The minimum Gasteiger partial charge on any atom is -0.496 e. The highest BCUT2D eigenvalue weighted by atomic mass is 19.1. The van der Waals surface area contributed by atoms with Crippen LogP contribution in [-0.2, 0) is 4.79 Å². The topological polar surface area (TPSA) is 70.7 Å². The molecule has 3 rings (SSSR count). The summed E-state index contributed by atoms with van der Waals surface area (Å²) in [6.07, 6.45) is 0.760. The summed E-state index contributed by atoms with van der Waals surface area (Å²) in [4.78, 5) is 25.9. The first-order valence-corrected chi connectivity index (χ1v) is 9.28. The van der Waals surface area contributed by atoms with Crippen molar-refractivity contribution >= 4 is 11.8 Å². The molecule has 0 aromatic heterocycles. The van der Waals surface area contributed by atoms with E-state index in [1.54, 1.807) is 24.3 Å². The normalized spacial score (nSPS) is 14.4. The fourth-order valence-corrected chi connectivity index (χ4v) is 3.22. The molecule has 2 aromatic carbocycles. The van der Waals surface area contributed by atoms with E-state index in [1.165, 1.54) is 19.2 Å². The van der Waals surface area contributed by atoms with Crippen LogP contribution < -0.4 is 15.4 Å². The molecular weight excluding hydrogens is 361 g/mol. The number of piperazine rings is 1. The average molecular weight is 385 g/mol. The van der Waals surface area contributed by atoms with Crippen molar-refractivity contribution in [2.24, 2.45) is 0 Å². The number of rotatable bonds is 7. The van der Waals surface area contributed by atoms with Crippen LogP contribution in [0.3, 0.4) is 0 Å². The predicted molar refractivity (Wildman–Crippen MR) is 105 cm³/mol. The maximum atomic E-state index is 13.6. The number of nitrogens with one attached hydrogen (secondary N) is 2. The minimum absolute atomic E-state index is 0.0416. The van der Waals surface area contributed by atoms with Crippen molar-refractivity contribution in [1.29, 1.82) is 0 Å². The van der Waals surface area contributed by atoms with Gasteiger partial charge in [0.1, 0.15) is 11.6 Å². The highest BCUT2D eigenvalue weighted by Crippen LogP contribution is 2.31. The molecule has 0 radical (unpaired) electrons. The summed E-state index contributed by atoms with van der Waals surface area (Å²) in [6.45, 7) is 3.18. The van der Waals surface area contributed by atoms with Gasteiger partial charge in [0.05, 0.1) is 13.7 Å². The molecule has 1 fully saturated rings. The van der Waals surface area contributed by atoms with Gasteiger partial charge in [0.25, 0.3) is 5.91 Å². The summed E-state index contributed by atoms with van der Waals surface area (Å²) in [6, 6.07) is 11.3. The third kappa shape index (κ3) is 5.07. The van der Waals surface area contributed by atoms with Crippen LogP contribution in [0.4, 0.5) is 4.39 Å². The van der Waals surface area contributed by atoms with E-state index in [0.29, 0.717) is 42.1 Å². The van der Waals surface area contributed by atoms with Crippen LogP contribution in [0, 0.1) is 5.82 Å². The van der Waals surface area contributed by atoms with E-state index in [2.05, 4.69) is 15.5 Å². The number of nitrogens with zero attached hydrogens (tertiary/aromatic N) is 1. The van der Waals surface area contributed by atoms with E-state index in [9.17, 15) is 14.0 Å². The zero-order valence-electron chi connectivity index (χ0n) is 15.8. The third-order valence-corrected chi connectivity index (χ3v) is 4.65. The number of hydrogen-bond donors (Lipinski definition) is 2. The second-order valence-corrected chi connectivity index (χ2v) is 6.66. The molecule has 0 spiro atoms. The second-order valence-electron chi connectivity index (χ2n) is 6.66. The lowest BCUT2D eigenvalue weighted by Gasteiger charge is -2.26. The molecule has 7 heteroatoms. The van der Waals surface area contributed by atoms with Gasteiger partial charge in [-0.1, -0.05) is 12.1 Å². The third-order valence-electron chi connectivity index (χ3n) is 4.65. The van der Waals surface area contributed by atoms with Crippen molar-refractivity contribution < 1.29 is 18.7 Å². The van der Waals surface area contributed by atoms with Gasteiger partial charge in [0.15, 0.2) is 0 Å². The summed E-state index contributed by atoms with van der Waals surface area (Å²) in [5, 5.41) is 5.69. The van der Waals surface area contributed by atoms with Crippen molar-refractivity contribution in [2.45, 2.75) is 6.42 Å². The monoisotopic (exact) mass is 385 g/mol. The zero-order valence-corrected chi connectivity index (χ0v) is 15.8. The van der Waals surface area contributed by atoms with E-state index in [-0.39, 0.29) is 17.6 Å². The average Bonchev–Trinajstić information content (AvgIpc) is 2.71. The SMILES string of the molecule is COc1ccc(F)cc1-c1cccc(C(=O)NCCCN2CCNC(=O)C2)c1. The van der Waals surface area contributed by atoms with Gasteiger partial charge in [-0.15, -0.1) is 0 Å². The van der Waals surface area contributed by atoms with Crippen molar-refractivity contribution in [3.05, 3.63) is 53.8 Å². The molecule has 0 atom stereocenters. The lowest BCUT2D eigenvalue weighted by Crippen LogP contribution is -2.48. The number of carbonyl (C=O) groups is 2. The van der Waals surface area contributed by atoms with Crippen LogP contribution in [-0.4, -0.2) is 56.5 Å². The fourth-order valence-electron chi connectivity index (χ4n) is 3.22. The standard InChI is InChI=1S/C21H24FN3O3/c1-28-19-7-6-17(22)13-18(19)15-4-2-5-16(12-15)21(27)24-8-3-10-25-11-9-23-20(26)14-25/h2,4-7,12-13H,3,8-11,14H2,1H3,(H,23,26)(H,24,27). The molecule has 0 bridgehead atoms. The molecule has 2 aromatic rings. The molecule has 1 aliphatic rings. The Labute approximate surface area is 163 Å². The van der Waals surface area contributed by atoms with Crippen molar-refractivity contribution in [1.82, 2.24) is 15.5 Å². The van der Waals surface area contributed by atoms with Crippen molar-refractivity contribution in [3.8, 4) is 16.9 Å². The van der Waals surface area contributed by atoms with Gasteiger partial charge in [0, 0.05) is 37.3 Å². The number of ether oxygens (including phenoxy) is 1. The lowest BCUT2D eigenvalue weighted by molar-refractivity contribution is -0.124. The Morgan fingerprint density at radius 2 is 2.14 bits per heavy atom. The molecule has 1 heterocycles. The number of carbonyl (C=O) groups excluding carboxylic acids is 2. The van der Waals surface area contributed by atoms with Gasteiger partial charge in [-0.25, -0.2) is 4.39 Å². The van der Waals surface area contributed by atoms with Crippen LogP contribution in [0.25, 0.3) is 11.1 Å². The number of amides is 2. The molecule has 2 amide bonds. The summed E-state index contributed by atoms with van der Waals surface area (Å²) in [7, 11) is 1.53. The molecule has 0 unspecified atom stereocenters. The molecule has 148 valence electrons. The Morgan fingerprint density at radius 3 is 2.93 bits per heavy atom. The van der Waals surface area contributed by atoms with Crippen LogP contribution in [0.2, 0.25) is 0 Å². The van der Waals surface area contributed by atoms with Gasteiger partial charge < -0.3 is 15.4 Å². The summed E-state index contributed by atoms with van der Waals surface area (Å²) in [5.41, 5.74) is 1.81. The lowest BCUT2D eigenvalue weighted by atomic mass is 10.0. The molecule has 1 saturated heterocycles. The molecule has 1 aliphatic heterocycles. The van der Waals surface area contributed by atoms with E-state index in [4.69, 9.17) is 4.74 Å². The van der Waals surface area contributed by atoms with Crippen LogP contribution in [0.15, 0.2) is 42.5 Å². The number of methoxy groups -OCH3 is 1. The minimum atomic E-state index is -0.364. The molecule has 2 N–H and O–H groups in total. The maximum absolute atomic E-state index is 13.6. The Bertz CT molecular complexity index is 857. The first-order chi connectivity index (χ1) is 13.6. The van der Waals surface area contributed by atoms with Crippen LogP contribution >= 0.6 is 0 Å². The van der Waals surface area contributed by atoms with Gasteiger partial charge in [0.2, 0.25) is 5.91 Å². The van der Waals surface area contributed by atoms with Crippen molar-refractivity contribution in [3.63, 3.8) is 0 Å². The summed E-state index contributed by atoms with van der Waals surface area (Å²) in [5.74, 6) is 0.0371. The van der Waals surface area contributed by atoms with E-state index in [0.717, 1.165) is 19.5 Å². The van der Waals surface area contributed by atoms with Crippen LogP contribution in [0.5, 0.6) is 5.75 Å². The van der Waals surface area contributed by atoms with E-state index < -0.39 is 0 Å². The Kier molecular flexibility index (Phi) is 6.60. The van der Waals surface area contributed by atoms with Gasteiger partial charge in [-0.05, 0) is 42.3 Å². The number of hydrogen-bond acceptors (Lipinski definition) is 4. The second kappa shape index (κ2) is 9.32. The van der Waals surface area contributed by atoms with Gasteiger partial charge in [-0.2, -0.15) is 0 Å². The molecular formula is C21H24FN3O3. The van der Waals surface area contributed by atoms with E-state index in [1.807, 2.05) is 6.07 Å². The first-order valence-electron chi connectivity index (χ1n) is 9.28. The molecule has 0 saturated carbocycles. The number of benzene rings is 2. The Morgan fingerprint density at radius 1 is 1.29 bits per heavy atom. The molecule has 6 nitrogen and oxygen atoms in total. The summed E-state index contributed by atoms with van der Waals surface area (Å²) < 4.78 is 18.9. The Hall–Kier alpha value is -2.93. The van der Waals surface area contributed by atoms with Crippen LogP contribution in [0.1, 0.15) is 16.8 Å². The zero-order chi connectivity index (χ0) is 19.9. The van der Waals surface area contributed by atoms with E-state index >= 15 is 0 Å². The van der Waals surface area contributed by atoms with Gasteiger partial charge >= 0.3 is 0 Å². The van der Waals surface area contributed by atoms with Gasteiger partial charge in [-0.3, -0.25) is 14.5 Å². The predicted octanol–water partition coefficient (Wildman–Crippen LogP) is 2.05. The summed E-state index contributed by atoms with van der Waals surface area (Å²) >= 11 is 0. The fraction of sp³-hybridized carbons (Fsp3) is 0.333. The first kappa shape index (κ1) is 19.8. The quantitative estimate of drug-likeness (QED) is 0.716. The highest BCUT2D eigenvalue weighted by molar-refractivity contribution is 5.95. The molecule has 28 heavy (non-hydrogen) atoms. The largest absolute Gasteiger partial charge is 0.496 e. The molecule has 0 aliphatic carbocycles. The number of halogens is 1. The Balaban J connectivity index is 1.58. The smallest absolute Gasteiger partial charge is 0.251 e. The highest BCUT2D eigenvalue weighted by Gasteiger charge is 2.15. The van der Waals surface area contributed by atoms with Crippen molar-refractivity contribution in [2.75, 3.05) is 39.8 Å². The maximum Gasteiger partial charge on any atom is 0.251 e.